The molecule has 122 valence electrons. The summed E-state index contributed by atoms with van der Waals surface area (Å²) in [5.74, 6) is -0.222. The summed E-state index contributed by atoms with van der Waals surface area (Å²) < 4.78 is 6.57. The third-order valence-corrected chi connectivity index (χ3v) is 3.00. The zero-order chi connectivity index (χ0) is 16.8. The highest BCUT2D eigenvalue weighted by molar-refractivity contribution is 7.13. The van der Waals surface area contributed by atoms with Crippen molar-refractivity contribution in [3.05, 3.63) is 29.8 Å². The predicted molar refractivity (Wildman–Crippen MR) is 95.7 cm³/mol. The fraction of sp³-hybridized carbons (Fsp3) is 0.562. The van der Waals surface area contributed by atoms with Crippen LogP contribution in [0, 0.1) is 0 Å². The van der Waals surface area contributed by atoms with Gasteiger partial charge in [0.05, 0.1) is 7.11 Å². The Bertz CT molecular complexity index is 367. The Morgan fingerprint density at radius 2 is 1.71 bits per heavy atom. The monoisotopic (exact) mass is 314 g/mol. The number of benzene rings is 1. The van der Waals surface area contributed by atoms with E-state index in [0.29, 0.717) is 6.42 Å². The van der Waals surface area contributed by atoms with Crippen molar-refractivity contribution in [2.45, 2.75) is 40.2 Å². The van der Waals surface area contributed by atoms with Crippen LogP contribution < -0.4 is 5.32 Å². The minimum atomic E-state index is -0.273. The average Bonchev–Trinajstić information content (AvgIpc) is 2.56. The molecule has 1 rings (SSSR count). The second kappa shape index (κ2) is 13.8. The standard InChI is InChI=1S/C12H19N2O2P.2C2H6/c1-13-10-6-4-9(5-7-10)8-11(14(2)17)12(15)16-3;2*1-2/h4-7,11,13H,8,17H2,1-3H3;2*1-2H3/t11-;;/m0../s1. The third kappa shape index (κ3) is 8.69. The molecule has 0 saturated heterocycles. The van der Waals surface area contributed by atoms with Crippen LogP contribution in [-0.4, -0.2) is 37.9 Å². The summed E-state index contributed by atoms with van der Waals surface area (Å²) in [5, 5.41) is 3.06. The number of hydrogen-bond donors (Lipinski definition) is 1. The summed E-state index contributed by atoms with van der Waals surface area (Å²) in [4.78, 5) is 11.6. The number of esters is 1. The molecule has 0 bridgehead atoms. The summed E-state index contributed by atoms with van der Waals surface area (Å²) in [6.45, 7) is 8.00. The van der Waals surface area contributed by atoms with Crippen LogP contribution in [0.1, 0.15) is 33.3 Å². The topological polar surface area (TPSA) is 41.6 Å². The Morgan fingerprint density at radius 1 is 1.24 bits per heavy atom. The third-order valence-electron chi connectivity index (χ3n) is 2.64. The molecule has 0 aliphatic heterocycles. The second-order valence-corrected chi connectivity index (χ2v) is 4.67. The maximum atomic E-state index is 11.6. The zero-order valence-corrected chi connectivity index (χ0v) is 15.6. The molecule has 0 aliphatic rings. The number of nitrogens with zero attached hydrogens (tertiary/aromatic N) is 1. The van der Waals surface area contributed by atoms with Crippen molar-refractivity contribution in [2.24, 2.45) is 0 Å². The maximum Gasteiger partial charge on any atom is 0.323 e. The van der Waals surface area contributed by atoms with Crippen LogP contribution in [0.15, 0.2) is 24.3 Å². The first kappa shape index (κ1) is 22.2. The van der Waals surface area contributed by atoms with Crippen molar-refractivity contribution < 1.29 is 9.53 Å². The molecule has 0 amide bonds. The number of carbonyl (C=O) groups is 1. The van der Waals surface area contributed by atoms with Gasteiger partial charge in [-0.3, -0.25) is 9.46 Å². The molecule has 1 aromatic rings. The normalized spacial score (nSPS) is 10.5. The minimum absolute atomic E-state index is 0.222. The van der Waals surface area contributed by atoms with E-state index in [2.05, 4.69) is 14.7 Å². The fourth-order valence-electron chi connectivity index (χ4n) is 1.56. The SMILES string of the molecule is CC.CC.CNc1ccc(C[C@@H](C(=O)OC)N(C)P)cc1. The molecule has 0 aromatic heterocycles. The number of anilines is 1. The molecule has 0 fully saturated rings. The van der Waals surface area contributed by atoms with E-state index in [9.17, 15) is 4.79 Å². The van der Waals surface area contributed by atoms with Gasteiger partial charge < -0.3 is 10.1 Å². The van der Waals surface area contributed by atoms with Crippen LogP contribution in [0.2, 0.25) is 0 Å². The van der Waals surface area contributed by atoms with Crippen LogP contribution >= 0.6 is 9.39 Å². The quantitative estimate of drug-likeness (QED) is 0.666. The molecule has 2 atom stereocenters. The summed E-state index contributed by atoms with van der Waals surface area (Å²) >= 11 is 0. The smallest absolute Gasteiger partial charge is 0.323 e. The number of rotatable bonds is 5. The molecule has 4 nitrogen and oxygen atoms in total. The van der Waals surface area contributed by atoms with Crippen molar-refractivity contribution in [3.63, 3.8) is 0 Å². The molecular formula is C16H31N2O2P. The van der Waals surface area contributed by atoms with Gasteiger partial charge in [-0.05, 0) is 31.2 Å². The number of nitrogens with one attached hydrogen (secondary N) is 1. The highest BCUT2D eigenvalue weighted by Gasteiger charge is 2.21. The number of carbonyl (C=O) groups excluding carboxylic acids is 1. The first-order chi connectivity index (χ1) is 10.1. The molecule has 21 heavy (non-hydrogen) atoms. The Hall–Kier alpha value is -1.12. The summed E-state index contributed by atoms with van der Waals surface area (Å²) in [7, 11) is 7.63. The van der Waals surface area contributed by atoms with Crippen LogP contribution in [0.3, 0.4) is 0 Å². The van der Waals surface area contributed by atoms with Gasteiger partial charge in [0.25, 0.3) is 0 Å². The summed E-state index contributed by atoms with van der Waals surface area (Å²) in [6.07, 6.45) is 0.636. The molecule has 0 saturated carbocycles. The first-order valence-electron chi connectivity index (χ1n) is 7.40. The predicted octanol–water partition coefficient (Wildman–Crippen LogP) is 3.59. The summed E-state index contributed by atoms with van der Waals surface area (Å²) in [5.41, 5.74) is 2.16. The molecule has 1 unspecified atom stereocenters. The lowest BCUT2D eigenvalue weighted by atomic mass is 10.1. The van der Waals surface area contributed by atoms with Crippen molar-refractivity contribution >= 4 is 21.0 Å². The Kier molecular flexibility index (Phi) is 14.6. The zero-order valence-electron chi connectivity index (χ0n) is 14.4. The Balaban J connectivity index is 0. The lowest BCUT2D eigenvalue weighted by molar-refractivity contribution is -0.144. The number of hydrogen-bond acceptors (Lipinski definition) is 4. The Morgan fingerprint density at radius 3 is 2.05 bits per heavy atom. The summed E-state index contributed by atoms with van der Waals surface area (Å²) in [6, 6.07) is 7.73. The second-order valence-electron chi connectivity index (χ2n) is 3.86. The van der Waals surface area contributed by atoms with Gasteiger partial charge in [0.15, 0.2) is 0 Å². The van der Waals surface area contributed by atoms with E-state index in [1.165, 1.54) is 7.11 Å². The van der Waals surface area contributed by atoms with Gasteiger partial charge in [0.1, 0.15) is 6.04 Å². The molecule has 1 N–H and O–H groups in total. The molecule has 0 spiro atoms. The van der Waals surface area contributed by atoms with Gasteiger partial charge >= 0.3 is 5.97 Å². The average molecular weight is 314 g/mol. The van der Waals surface area contributed by atoms with Crippen LogP contribution in [-0.2, 0) is 16.0 Å². The fourth-order valence-corrected chi connectivity index (χ4v) is 1.79. The highest BCUT2D eigenvalue weighted by Crippen LogP contribution is 2.15. The van der Waals surface area contributed by atoms with E-state index < -0.39 is 0 Å². The van der Waals surface area contributed by atoms with Crippen LogP contribution in [0.25, 0.3) is 0 Å². The highest BCUT2D eigenvalue weighted by atomic mass is 31.0. The van der Waals surface area contributed by atoms with Crippen LogP contribution in [0.5, 0.6) is 0 Å². The van der Waals surface area contributed by atoms with E-state index in [4.69, 9.17) is 4.74 Å². The van der Waals surface area contributed by atoms with E-state index >= 15 is 0 Å². The van der Waals surface area contributed by atoms with Crippen LogP contribution in [0.4, 0.5) is 5.69 Å². The number of likely N-dealkylation sites (N-methyl/N-ethyl adjacent to an activating group) is 1. The molecule has 1 aromatic carbocycles. The maximum absolute atomic E-state index is 11.6. The van der Waals surface area contributed by atoms with Crippen molar-refractivity contribution in [1.29, 1.82) is 0 Å². The molecule has 0 radical (unpaired) electrons. The van der Waals surface area contributed by atoms with Gasteiger partial charge in [-0.1, -0.05) is 49.2 Å². The van der Waals surface area contributed by atoms with Gasteiger partial charge in [0, 0.05) is 12.7 Å². The molecular weight excluding hydrogens is 283 g/mol. The van der Waals surface area contributed by atoms with Crippen molar-refractivity contribution in [3.8, 4) is 0 Å². The minimum Gasteiger partial charge on any atom is -0.468 e. The lowest BCUT2D eigenvalue weighted by Crippen LogP contribution is -2.35. The van der Waals surface area contributed by atoms with Gasteiger partial charge in [-0.25, -0.2) is 0 Å². The van der Waals surface area contributed by atoms with Crippen molar-refractivity contribution in [2.75, 3.05) is 26.5 Å². The van der Waals surface area contributed by atoms with Crippen molar-refractivity contribution in [1.82, 2.24) is 4.67 Å². The van der Waals surface area contributed by atoms with E-state index in [1.807, 2.05) is 66.1 Å². The van der Waals surface area contributed by atoms with Gasteiger partial charge in [-0.15, -0.1) is 0 Å². The first-order valence-corrected chi connectivity index (χ1v) is 7.92. The lowest BCUT2D eigenvalue weighted by Gasteiger charge is -2.21. The van der Waals surface area contributed by atoms with Gasteiger partial charge in [-0.2, -0.15) is 0 Å². The number of methoxy groups -OCH3 is 1. The van der Waals surface area contributed by atoms with Gasteiger partial charge in [0.2, 0.25) is 0 Å². The molecule has 0 aliphatic carbocycles. The Labute approximate surface area is 132 Å². The largest absolute Gasteiger partial charge is 0.468 e. The molecule has 5 heteroatoms. The number of ether oxygens (including phenoxy) is 1. The van der Waals surface area contributed by atoms with E-state index in [0.717, 1.165) is 11.3 Å². The van der Waals surface area contributed by atoms with E-state index in [-0.39, 0.29) is 12.0 Å². The molecule has 0 heterocycles. The van der Waals surface area contributed by atoms with E-state index in [1.54, 1.807) is 4.67 Å².